The van der Waals surface area contributed by atoms with Crippen molar-refractivity contribution in [2.45, 2.75) is 45.3 Å². The number of rotatable bonds is 5. The minimum absolute atomic E-state index is 0.268. The summed E-state index contributed by atoms with van der Waals surface area (Å²) in [6, 6.07) is -0.438. The first-order chi connectivity index (χ1) is 7.20. The topological polar surface area (TPSA) is 49.8 Å². The first kappa shape index (κ1) is 12.5. The number of carbonyl (C=O) groups excluding carboxylic acids is 1. The number of hydrogen-bond donors (Lipinski definition) is 1. The van der Waals surface area contributed by atoms with Crippen molar-refractivity contribution in [1.29, 1.82) is 0 Å². The fourth-order valence-electron chi connectivity index (χ4n) is 1.90. The average molecular weight is 215 g/mol. The molecule has 4 heteroatoms. The maximum atomic E-state index is 11.7. The van der Waals surface area contributed by atoms with Crippen molar-refractivity contribution in [3.63, 3.8) is 0 Å². The van der Waals surface area contributed by atoms with Gasteiger partial charge < -0.3 is 9.84 Å². The highest BCUT2D eigenvalue weighted by atomic mass is 16.5. The summed E-state index contributed by atoms with van der Waals surface area (Å²) in [5, 5.41) is 9.67. The zero-order valence-corrected chi connectivity index (χ0v) is 9.61. The van der Waals surface area contributed by atoms with Crippen molar-refractivity contribution < 1.29 is 14.6 Å². The van der Waals surface area contributed by atoms with Crippen LogP contribution in [0.5, 0.6) is 0 Å². The maximum Gasteiger partial charge on any atom is 0.326 e. The lowest BCUT2D eigenvalue weighted by Crippen LogP contribution is -2.42. The van der Waals surface area contributed by atoms with Crippen molar-refractivity contribution in [2.24, 2.45) is 0 Å². The highest BCUT2D eigenvalue weighted by molar-refractivity contribution is 5.77. The molecule has 0 unspecified atom stereocenters. The van der Waals surface area contributed by atoms with E-state index in [1.165, 1.54) is 0 Å². The van der Waals surface area contributed by atoms with E-state index in [2.05, 4.69) is 6.92 Å². The van der Waals surface area contributed by atoms with E-state index in [1.807, 2.05) is 11.8 Å². The van der Waals surface area contributed by atoms with E-state index in [0.717, 1.165) is 25.9 Å². The second-order valence-electron chi connectivity index (χ2n) is 3.95. The molecular formula is C11H21NO3. The van der Waals surface area contributed by atoms with Crippen LogP contribution in [0, 0.1) is 0 Å². The van der Waals surface area contributed by atoms with Crippen molar-refractivity contribution in [3.8, 4) is 0 Å². The van der Waals surface area contributed by atoms with Crippen LogP contribution in [0.25, 0.3) is 0 Å². The summed E-state index contributed by atoms with van der Waals surface area (Å²) in [6.45, 7) is 6.08. The van der Waals surface area contributed by atoms with Crippen LogP contribution in [-0.2, 0) is 9.53 Å². The number of aliphatic hydroxyl groups is 1. The summed E-state index contributed by atoms with van der Waals surface area (Å²) in [5.74, 6) is -0.268. The lowest BCUT2D eigenvalue weighted by molar-refractivity contribution is -0.151. The van der Waals surface area contributed by atoms with Gasteiger partial charge in [-0.15, -0.1) is 0 Å². The minimum Gasteiger partial charge on any atom is -0.464 e. The van der Waals surface area contributed by atoms with E-state index >= 15 is 0 Å². The zero-order chi connectivity index (χ0) is 11.3. The van der Waals surface area contributed by atoms with E-state index in [9.17, 15) is 9.90 Å². The summed E-state index contributed by atoms with van der Waals surface area (Å²) in [4.78, 5) is 13.6. The third kappa shape index (κ3) is 3.18. The molecule has 1 heterocycles. The third-order valence-electron chi connectivity index (χ3n) is 2.86. The summed E-state index contributed by atoms with van der Waals surface area (Å²) in [5.41, 5.74) is 0. The van der Waals surface area contributed by atoms with E-state index < -0.39 is 12.1 Å². The second-order valence-corrected chi connectivity index (χ2v) is 3.95. The van der Waals surface area contributed by atoms with Gasteiger partial charge in [0.25, 0.3) is 0 Å². The van der Waals surface area contributed by atoms with Gasteiger partial charge in [0.1, 0.15) is 6.04 Å². The molecule has 0 spiro atoms. The fourth-order valence-corrected chi connectivity index (χ4v) is 1.90. The molecule has 2 atom stereocenters. The summed E-state index contributed by atoms with van der Waals surface area (Å²) in [7, 11) is 0. The first-order valence-electron chi connectivity index (χ1n) is 5.79. The Balaban J connectivity index is 2.41. The molecule has 15 heavy (non-hydrogen) atoms. The van der Waals surface area contributed by atoms with E-state index in [1.54, 1.807) is 0 Å². The maximum absolute atomic E-state index is 11.7. The van der Waals surface area contributed by atoms with Crippen LogP contribution in [0.4, 0.5) is 0 Å². The Morgan fingerprint density at radius 1 is 1.53 bits per heavy atom. The van der Waals surface area contributed by atoms with E-state index in [-0.39, 0.29) is 5.97 Å². The molecule has 0 aromatic carbocycles. The number of likely N-dealkylation sites (N-methyl/N-ethyl adjacent to an activating group) is 1. The summed E-state index contributed by atoms with van der Waals surface area (Å²) in [6.07, 6.45) is 2.01. The van der Waals surface area contributed by atoms with Crippen LogP contribution in [0.15, 0.2) is 0 Å². The molecule has 0 amide bonds. The molecule has 0 aromatic heterocycles. The second kappa shape index (κ2) is 6.08. The Labute approximate surface area is 91.2 Å². The van der Waals surface area contributed by atoms with Crippen molar-refractivity contribution in [3.05, 3.63) is 0 Å². The molecule has 1 aliphatic rings. The Hall–Kier alpha value is -0.610. The molecule has 4 nitrogen and oxygen atoms in total. The lowest BCUT2D eigenvalue weighted by atomic mass is 10.2. The average Bonchev–Trinajstić information content (AvgIpc) is 2.59. The molecule has 1 N–H and O–H groups in total. The Kier molecular flexibility index (Phi) is 5.05. The van der Waals surface area contributed by atoms with Gasteiger partial charge in [-0.1, -0.05) is 20.3 Å². The van der Waals surface area contributed by atoms with Gasteiger partial charge in [-0.25, -0.2) is 0 Å². The number of likely N-dealkylation sites (tertiary alicyclic amines) is 1. The van der Waals surface area contributed by atoms with Crippen LogP contribution in [0.3, 0.4) is 0 Å². The molecule has 0 aliphatic carbocycles. The van der Waals surface area contributed by atoms with Crippen molar-refractivity contribution in [2.75, 3.05) is 19.7 Å². The van der Waals surface area contributed by atoms with Crippen molar-refractivity contribution >= 4 is 5.97 Å². The van der Waals surface area contributed by atoms with Gasteiger partial charge in [0.15, 0.2) is 0 Å². The smallest absolute Gasteiger partial charge is 0.326 e. The number of ether oxygens (including phenoxy) is 1. The molecule has 88 valence electrons. The largest absolute Gasteiger partial charge is 0.464 e. The highest BCUT2D eigenvalue weighted by Gasteiger charge is 2.38. The van der Waals surface area contributed by atoms with Crippen LogP contribution in [0.2, 0.25) is 0 Å². The number of carbonyl (C=O) groups is 1. The number of hydrogen-bond acceptors (Lipinski definition) is 4. The van der Waals surface area contributed by atoms with Gasteiger partial charge in [0.2, 0.25) is 0 Å². The highest BCUT2D eigenvalue weighted by Crippen LogP contribution is 2.18. The van der Waals surface area contributed by atoms with Crippen LogP contribution >= 0.6 is 0 Å². The molecule has 1 fully saturated rings. The predicted molar refractivity (Wildman–Crippen MR) is 57.5 cm³/mol. The Morgan fingerprint density at radius 3 is 2.87 bits per heavy atom. The van der Waals surface area contributed by atoms with Gasteiger partial charge in [-0.05, 0) is 19.4 Å². The zero-order valence-electron chi connectivity index (χ0n) is 9.61. The van der Waals surface area contributed by atoms with Crippen LogP contribution < -0.4 is 0 Å². The monoisotopic (exact) mass is 215 g/mol. The standard InChI is InChI=1S/C11H21NO3/c1-3-5-8-15-11(14)10-9(13)6-7-12(10)4-2/h9-10,13H,3-8H2,1-2H3/t9-,10-/m0/s1. The Morgan fingerprint density at radius 2 is 2.27 bits per heavy atom. The molecular weight excluding hydrogens is 194 g/mol. The van der Waals surface area contributed by atoms with Crippen LogP contribution in [0.1, 0.15) is 33.1 Å². The molecule has 0 aromatic rings. The van der Waals surface area contributed by atoms with Gasteiger partial charge in [0.05, 0.1) is 12.7 Å². The summed E-state index contributed by atoms with van der Waals surface area (Å²) < 4.78 is 5.13. The van der Waals surface area contributed by atoms with Crippen LogP contribution in [-0.4, -0.2) is 47.8 Å². The Bertz CT molecular complexity index is 208. The molecule has 0 radical (unpaired) electrons. The van der Waals surface area contributed by atoms with E-state index in [0.29, 0.717) is 13.0 Å². The molecule has 1 saturated heterocycles. The molecule has 1 rings (SSSR count). The number of unbranched alkanes of at least 4 members (excludes halogenated alkanes) is 1. The van der Waals surface area contributed by atoms with Gasteiger partial charge in [-0.3, -0.25) is 9.69 Å². The molecule has 0 saturated carbocycles. The fraction of sp³-hybridized carbons (Fsp3) is 0.909. The predicted octanol–water partition coefficient (Wildman–Crippen LogP) is 0.785. The number of nitrogens with zero attached hydrogens (tertiary/aromatic N) is 1. The number of aliphatic hydroxyl groups excluding tert-OH is 1. The van der Waals surface area contributed by atoms with Gasteiger partial charge >= 0.3 is 5.97 Å². The molecule has 0 bridgehead atoms. The SMILES string of the molecule is CCCCOC(=O)[C@@H]1[C@@H](O)CCN1CC. The van der Waals surface area contributed by atoms with Gasteiger partial charge in [-0.2, -0.15) is 0 Å². The quantitative estimate of drug-likeness (QED) is 0.544. The van der Waals surface area contributed by atoms with Crippen molar-refractivity contribution in [1.82, 2.24) is 4.90 Å². The van der Waals surface area contributed by atoms with Gasteiger partial charge in [0, 0.05) is 6.54 Å². The minimum atomic E-state index is -0.556. The summed E-state index contributed by atoms with van der Waals surface area (Å²) >= 11 is 0. The third-order valence-corrected chi connectivity index (χ3v) is 2.86. The number of esters is 1. The van der Waals surface area contributed by atoms with E-state index in [4.69, 9.17) is 4.74 Å². The molecule has 1 aliphatic heterocycles. The first-order valence-corrected chi connectivity index (χ1v) is 5.79. The normalized spacial score (nSPS) is 26.9. The lowest BCUT2D eigenvalue weighted by Gasteiger charge is -2.22.